The van der Waals surface area contributed by atoms with Gasteiger partial charge in [-0.25, -0.2) is 9.07 Å². The van der Waals surface area contributed by atoms with Crippen molar-refractivity contribution in [2.45, 2.75) is 6.10 Å². The lowest BCUT2D eigenvalue weighted by Crippen LogP contribution is -2.34. The Morgan fingerprint density at radius 3 is 2.82 bits per heavy atom. The summed E-state index contributed by atoms with van der Waals surface area (Å²) >= 11 is 0. The van der Waals surface area contributed by atoms with Gasteiger partial charge in [0.2, 0.25) is 0 Å². The molecule has 1 fully saturated rings. The van der Waals surface area contributed by atoms with Gasteiger partial charge in [0.25, 0.3) is 5.91 Å². The largest absolute Gasteiger partial charge is 0.391 e. The van der Waals surface area contributed by atoms with Crippen molar-refractivity contribution in [3.8, 4) is 5.69 Å². The lowest BCUT2D eigenvalue weighted by atomic mass is 10.1. The summed E-state index contributed by atoms with van der Waals surface area (Å²) in [6.45, 7) is 1.64. The first kappa shape index (κ1) is 14.7. The minimum absolute atomic E-state index is 0.0168. The molecule has 0 saturated carbocycles. The zero-order valence-corrected chi connectivity index (χ0v) is 11.9. The summed E-state index contributed by atoms with van der Waals surface area (Å²) < 4.78 is 14.4. The molecular weight excluding hydrogens is 287 g/mol. The van der Waals surface area contributed by atoms with Gasteiger partial charge in [-0.2, -0.15) is 5.10 Å². The number of amides is 1. The van der Waals surface area contributed by atoms with E-state index in [0.29, 0.717) is 25.3 Å². The van der Waals surface area contributed by atoms with Gasteiger partial charge >= 0.3 is 0 Å². The molecule has 22 heavy (non-hydrogen) atoms. The summed E-state index contributed by atoms with van der Waals surface area (Å²) in [5.74, 6) is -0.597. The van der Waals surface area contributed by atoms with E-state index in [1.165, 1.54) is 16.8 Å². The van der Waals surface area contributed by atoms with E-state index in [1.807, 2.05) is 0 Å². The summed E-state index contributed by atoms with van der Waals surface area (Å²) in [6.07, 6.45) is 1.21. The highest BCUT2D eigenvalue weighted by atomic mass is 19.1. The first-order valence-electron chi connectivity index (χ1n) is 7.12. The third-order valence-electron chi connectivity index (χ3n) is 3.74. The third-order valence-corrected chi connectivity index (χ3v) is 3.74. The Kier molecular flexibility index (Phi) is 4.17. The van der Waals surface area contributed by atoms with Crippen LogP contribution in [0.5, 0.6) is 0 Å². The maximum absolute atomic E-state index is 12.9. The van der Waals surface area contributed by atoms with Crippen LogP contribution in [0.15, 0.2) is 36.5 Å². The predicted octanol–water partition coefficient (Wildman–Crippen LogP) is 0.322. The lowest BCUT2D eigenvalue weighted by molar-refractivity contribution is 0.0921. The van der Waals surface area contributed by atoms with Crippen LogP contribution in [-0.2, 0) is 0 Å². The molecule has 1 aliphatic rings. The molecule has 0 bridgehead atoms. The van der Waals surface area contributed by atoms with Crippen molar-refractivity contribution in [2.24, 2.45) is 5.92 Å². The minimum Gasteiger partial charge on any atom is -0.391 e. The summed E-state index contributed by atoms with van der Waals surface area (Å²) in [6, 6.07) is 7.45. The number of carbonyl (C=O) groups is 1. The molecule has 116 valence electrons. The van der Waals surface area contributed by atoms with Crippen LogP contribution in [0.3, 0.4) is 0 Å². The summed E-state index contributed by atoms with van der Waals surface area (Å²) in [4.78, 5) is 12.1. The number of β-amino-alcohol motifs (C(OH)–C–C–N with tert-alkyl or cyclic N) is 1. The van der Waals surface area contributed by atoms with Crippen LogP contribution in [0.2, 0.25) is 0 Å². The molecular formula is C15H17FN4O2. The smallest absolute Gasteiger partial charge is 0.271 e. The second-order valence-electron chi connectivity index (χ2n) is 5.32. The van der Waals surface area contributed by atoms with Crippen molar-refractivity contribution >= 4 is 5.91 Å². The van der Waals surface area contributed by atoms with Crippen molar-refractivity contribution in [3.05, 3.63) is 48.0 Å². The van der Waals surface area contributed by atoms with E-state index in [0.717, 1.165) is 0 Å². The zero-order chi connectivity index (χ0) is 15.5. The van der Waals surface area contributed by atoms with Crippen LogP contribution < -0.4 is 10.6 Å². The maximum atomic E-state index is 12.9. The van der Waals surface area contributed by atoms with E-state index in [2.05, 4.69) is 15.7 Å². The Morgan fingerprint density at radius 1 is 1.36 bits per heavy atom. The zero-order valence-electron chi connectivity index (χ0n) is 11.9. The Morgan fingerprint density at radius 2 is 2.14 bits per heavy atom. The van der Waals surface area contributed by atoms with Gasteiger partial charge in [0.05, 0.1) is 11.8 Å². The lowest BCUT2D eigenvalue weighted by Gasteiger charge is -2.13. The molecule has 7 heteroatoms. The number of benzene rings is 1. The molecule has 2 atom stereocenters. The van der Waals surface area contributed by atoms with Crippen LogP contribution in [0.4, 0.5) is 4.39 Å². The van der Waals surface area contributed by atoms with Gasteiger partial charge in [0, 0.05) is 31.7 Å². The number of hydrogen-bond donors (Lipinski definition) is 3. The van der Waals surface area contributed by atoms with E-state index in [9.17, 15) is 14.3 Å². The average Bonchev–Trinajstić information content (AvgIpc) is 3.15. The highest BCUT2D eigenvalue weighted by molar-refractivity contribution is 5.92. The van der Waals surface area contributed by atoms with Crippen molar-refractivity contribution < 1.29 is 14.3 Å². The van der Waals surface area contributed by atoms with Gasteiger partial charge < -0.3 is 15.7 Å². The SMILES string of the molecule is O=C(NCC1CNCC1O)c1ccn(-c2ccc(F)cc2)n1. The monoisotopic (exact) mass is 304 g/mol. The number of rotatable bonds is 4. The molecule has 1 aromatic heterocycles. The number of nitrogens with one attached hydrogen (secondary N) is 2. The summed E-state index contributed by atoms with van der Waals surface area (Å²) in [5, 5.41) is 19.7. The number of carbonyl (C=O) groups excluding carboxylic acids is 1. The van der Waals surface area contributed by atoms with E-state index >= 15 is 0 Å². The Hall–Kier alpha value is -2.25. The standard InChI is InChI=1S/C15H17FN4O2/c16-11-1-3-12(4-2-11)20-6-5-13(19-20)15(22)18-8-10-7-17-9-14(10)21/h1-6,10,14,17,21H,7-9H2,(H,18,22). The first-order chi connectivity index (χ1) is 10.6. The third kappa shape index (κ3) is 3.15. The van der Waals surface area contributed by atoms with Gasteiger partial charge in [-0.15, -0.1) is 0 Å². The Bertz CT molecular complexity index is 656. The van der Waals surface area contributed by atoms with Crippen LogP contribution in [0.25, 0.3) is 5.69 Å². The fourth-order valence-corrected chi connectivity index (χ4v) is 2.42. The Balaban J connectivity index is 1.63. The minimum atomic E-state index is -0.433. The molecule has 2 heterocycles. The number of halogens is 1. The second-order valence-corrected chi connectivity index (χ2v) is 5.32. The molecule has 3 rings (SSSR count). The van der Waals surface area contributed by atoms with Crippen LogP contribution >= 0.6 is 0 Å². The number of aliphatic hydroxyl groups excluding tert-OH is 1. The molecule has 2 aromatic rings. The van der Waals surface area contributed by atoms with Gasteiger partial charge in [0.1, 0.15) is 5.82 Å². The van der Waals surface area contributed by atoms with Crippen LogP contribution in [0.1, 0.15) is 10.5 Å². The molecule has 0 spiro atoms. The van der Waals surface area contributed by atoms with Crippen molar-refractivity contribution in [1.82, 2.24) is 20.4 Å². The molecule has 6 nitrogen and oxygen atoms in total. The fourth-order valence-electron chi connectivity index (χ4n) is 2.42. The predicted molar refractivity (Wildman–Crippen MR) is 78.2 cm³/mol. The van der Waals surface area contributed by atoms with Crippen LogP contribution in [-0.4, -0.2) is 46.5 Å². The average molecular weight is 304 g/mol. The molecule has 0 aliphatic carbocycles. The van der Waals surface area contributed by atoms with Gasteiger partial charge in [-0.05, 0) is 30.3 Å². The van der Waals surface area contributed by atoms with Crippen molar-refractivity contribution in [3.63, 3.8) is 0 Å². The molecule has 2 unspecified atom stereocenters. The summed E-state index contributed by atoms with van der Waals surface area (Å²) in [7, 11) is 0. The number of aliphatic hydroxyl groups is 1. The van der Waals surface area contributed by atoms with Crippen LogP contribution in [0, 0.1) is 11.7 Å². The van der Waals surface area contributed by atoms with E-state index < -0.39 is 6.10 Å². The molecule has 1 aliphatic heterocycles. The van der Waals surface area contributed by atoms with E-state index in [1.54, 1.807) is 24.4 Å². The molecule has 1 saturated heterocycles. The molecule has 3 N–H and O–H groups in total. The van der Waals surface area contributed by atoms with E-state index in [-0.39, 0.29) is 23.3 Å². The number of aromatic nitrogens is 2. The van der Waals surface area contributed by atoms with Gasteiger partial charge in [-0.3, -0.25) is 4.79 Å². The highest BCUT2D eigenvalue weighted by Gasteiger charge is 2.25. The topological polar surface area (TPSA) is 79.2 Å². The quantitative estimate of drug-likeness (QED) is 0.760. The number of hydrogen-bond acceptors (Lipinski definition) is 4. The van der Waals surface area contributed by atoms with Crippen molar-refractivity contribution in [2.75, 3.05) is 19.6 Å². The van der Waals surface area contributed by atoms with Crippen molar-refractivity contribution in [1.29, 1.82) is 0 Å². The Labute approximate surface area is 127 Å². The molecule has 1 aromatic carbocycles. The number of nitrogens with zero attached hydrogens (tertiary/aromatic N) is 2. The molecule has 1 amide bonds. The highest BCUT2D eigenvalue weighted by Crippen LogP contribution is 2.10. The summed E-state index contributed by atoms with van der Waals surface area (Å²) in [5.41, 5.74) is 0.959. The first-order valence-corrected chi connectivity index (χ1v) is 7.12. The van der Waals surface area contributed by atoms with Gasteiger partial charge in [-0.1, -0.05) is 0 Å². The normalized spacial score (nSPS) is 21.0. The van der Waals surface area contributed by atoms with Gasteiger partial charge in [0.15, 0.2) is 5.69 Å². The molecule has 0 radical (unpaired) electrons. The maximum Gasteiger partial charge on any atom is 0.271 e. The van der Waals surface area contributed by atoms with E-state index in [4.69, 9.17) is 0 Å². The second kappa shape index (κ2) is 6.25. The fraction of sp³-hybridized carbons (Fsp3) is 0.333.